The standard InChI is InChI=1S/C16H15N5O4/c17-7-10-1-3-11(4-2-10)14(23)19-5-6-20-12(8-19)15(24)21(16(20)25)9-13(18)22/h1-4,12H,5-6,8-9H2,(H2,18,22)/t12-/m0/s1. The number of piperazine rings is 1. The smallest absolute Gasteiger partial charge is 0.328 e. The maximum atomic E-state index is 12.6. The average Bonchev–Trinajstić information content (AvgIpc) is 2.85. The molecular weight excluding hydrogens is 326 g/mol. The minimum Gasteiger partial charge on any atom is -0.368 e. The zero-order valence-electron chi connectivity index (χ0n) is 13.2. The Bertz CT molecular complexity index is 798. The molecule has 25 heavy (non-hydrogen) atoms. The summed E-state index contributed by atoms with van der Waals surface area (Å²) in [5.41, 5.74) is 5.92. The third kappa shape index (κ3) is 2.89. The van der Waals surface area contributed by atoms with Crippen LogP contribution in [0, 0.1) is 11.3 Å². The van der Waals surface area contributed by atoms with Gasteiger partial charge in [-0.2, -0.15) is 5.26 Å². The van der Waals surface area contributed by atoms with Crippen molar-refractivity contribution in [2.45, 2.75) is 6.04 Å². The largest absolute Gasteiger partial charge is 0.368 e. The predicted molar refractivity (Wildman–Crippen MR) is 83.9 cm³/mol. The van der Waals surface area contributed by atoms with Crippen LogP contribution in [-0.4, -0.2) is 70.7 Å². The van der Waals surface area contributed by atoms with Gasteiger partial charge in [-0.25, -0.2) is 4.79 Å². The molecule has 5 amide bonds. The molecule has 9 heteroatoms. The zero-order valence-corrected chi connectivity index (χ0v) is 13.2. The number of fused-ring (bicyclic) bond motifs is 1. The van der Waals surface area contributed by atoms with Gasteiger partial charge in [0.15, 0.2) is 0 Å². The van der Waals surface area contributed by atoms with E-state index in [0.717, 1.165) is 4.90 Å². The SMILES string of the molecule is N#Cc1ccc(C(=O)N2CCN3C(=O)N(CC(N)=O)C(=O)[C@@H]3C2)cc1. The van der Waals surface area contributed by atoms with E-state index in [0.29, 0.717) is 11.1 Å². The monoisotopic (exact) mass is 341 g/mol. The lowest BCUT2D eigenvalue weighted by Gasteiger charge is -2.35. The Morgan fingerprint density at radius 3 is 2.48 bits per heavy atom. The van der Waals surface area contributed by atoms with E-state index in [-0.39, 0.29) is 25.5 Å². The number of primary amides is 1. The number of nitriles is 1. The summed E-state index contributed by atoms with van der Waals surface area (Å²) in [4.78, 5) is 51.8. The third-order valence-electron chi connectivity index (χ3n) is 4.27. The molecule has 2 aliphatic heterocycles. The second kappa shape index (κ2) is 6.24. The third-order valence-corrected chi connectivity index (χ3v) is 4.27. The number of carbonyl (C=O) groups excluding carboxylic acids is 4. The van der Waals surface area contributed by atoms with Gasteiger partial charge in [-0.15, -0.1) is 0 Å². The normalized spacial score (nSPS) is 19.6. The van der Waals surface area contributed by atoms with Gasteiger partial charge in [-0.1, -0.05) is 0 Å². The van der Waals surface area contributed by atoms with E-state index in [1.165, 1.54) is 9.80 Å². The molecule has 0 bridgehead atoms. The van der Waals surface area contributed by atoms with Gasteiger partial charge in [-0.05, 0) is 24.3 Å². The van der Waals surface area contributed by atoms with Crippen molar-refractivity contribution in [1.82, 2.24) is 14.7 Å². The highest BCUT2D eigenvalue weighted by molar-refractivity contribution is 6.07. The fourth-order valence-electron chi connectivity index (χ4n) is 3.01. The Morgan fingerprint density at radius 2 is 1.88 bits per heavy atom. The molecule has 9 nitrogen and oxygen atoms in total. The molecule has 1 aromatic carbocycles. The molecule has 0 saturated carbocycles. The Balaban J connectivity index is 1.75. The molecule has 1 aromatic rings. The Labute approximate surface area is 143 Å². The molecule has 0 radical (unpaired) electrons. The molecular formula is C16H15N5O4. The Kier molecular flexibility index (Phi) is 4.10. The molecule has 0 aromatic heterocycles. The summed E-state index contributed by atoms with van der Waals surface area (Å²) in [6, 6.07) is 6.81. The summed E-state index contributed by atoms with van der Waals surface area (Å²) in [7, 11) is 0. The van der Waals surface area contributed by atoms with Gasteiger partial charge >= 0.3 is 6.03 Å². The minimum atomic E-state index is -0.803. The quantitative estimate of drug-likeness (QED) is 0.715. The first-order valence-electron chi connectivity index (χ1n) is 7.62. The Morgan fingerprint density at radius 1 is 1.20 bits per heavy atom. The maximum Gasteiger partial charge on any atom is 0.328 e. The first-order valence-corrected chi connectivity index (χ1v) is 7.62. The van der Waals surface area contributed by atoms with Crippen molar-refractivity contribution in [1.29, 1.82) is 5.26 Å². The highest BCUT2D eigenvalue weighted by atomic mass is 16.2. The van der Waals surface area contributed by atoms with Gasteiger partial charge in [0.2, 0.25) is 5.91 Å². The lowest BCUT2D eigenvalue weighted by molar-refractivity contribution is -0.132. The first kappa shape index (κ1) is 16.4. The predicted octanol–water partition coefficient (Wildman–Crippen LogP) is -0.868. The summed E-state index contributed by atoms with van der Waals surface area (Å²) in [5.74, 6) is -1.58. The number of imide groups is 1. The summed E-state index contributed by atoms with van der Waals surface area (Å²) in [6.45, 7) is 0.0677. The van der Waals surface area contributed by atoms with Crippen molar-refractivity contribution in [3.05, 3.63) is 35.4 Å². The van der Waals surface area contributed by atoms with Crippen LogP contribution in [0.4, 0.5) is 4.79 Å². The fraction of sp³-hybridized carbons (Fsp3) is 0.312. The number of rotatable bonds is 3. The van der Waals surface area contributed by atoms with E-state index in [4.69, 9.17) is 11.0 Å². The highest BCUT2D eigenvalue weighted by Crippen LogP contribution is 2.23. The number of hydrogen-bond acceptors (Lipinski definition) is 5. The maximum absolute atomic E-state index is 12.6. The van der Waals surface area contributed by atoms with Crippen LogP contribution in [-0.2, 0) is 9.59 Å². The molecule has 1 atom stereocenters. The second-order valence-corrected chi connectivity index (χ2v) is 5.82. The number of nitrogens with two attached hydrogens (primary N) is 1. The van der Waals surface area contributed by atoms with Gasteiger partial charge in [0, 0.05) is 18.7 Å². The lowest BCUT2D eigenvalue weighted by Crippen LogP contribution is -2.54. The van der Waals surface area contributed by atoms with Crippen molar-refractivity contribution >= 4 is 23.8 Å². The van der Waals surface area contributed by atoms with Gasteiger partial charge in [0.1, 0.15) is 12.6 Å². The highest BCUT2D eigenvalue weighted by Gasteiger charge is 2.48. The van der Waals surface area contributed by atoms with Crippen LogP contribution in [0.1, 0.15) is 15.9 Å². The van der Waals surface area contributed by atoms with Crippen LogP contribution in [0.5, 0.6) is 0 Å². The summed E-state index contributed by atoms with van der Waals surface area (Å²) in [5, 5.41) is 8.80. The molecule has 2 N–H and O–H groups in total. The number of nitrogens with zero attached hydrogens (tertiary/aromatic N) is 4. The molecule has 2 fully saturated rings. The molecule has 128 valence electrons. The molecule has 0 aliphatic carbocycles. The van der Waals surface area contributed by atoms with Crippen LogP contribution in [0.3, 0.4) is 0 Å². The van der Waals surface area contributed by atoms with Crippen LogP contribution in [0.15, 0.2) is 24.3 Å². The van der Waals surface area contributed by atoms with Crippen molar-refractivity contribution < 1.29 is 19.2 Å². The number of carbonyl (C=O) groups is 4. The van der Waals surface area contributed by atoms with Crippen LogP contribution in [0.2, 0.25) is 0 Å². The number of urea groups is 1. The van der Waals surface area contributed by atoms with Gasteiger partial charge in [0.05, 0.1) is 18.2 Å². The number of benzene rings is 1. The fourth-order valence-corrected chi connectivity index (χ4v) is 3.01. The van der Waals surface area contributed by atoms with E-state index in [1.54, 1.807) is 24.3 Å². The molecule has 0 unspecified atom stereocenters. The van der Waals surface area contributed by atoms with Gasteiger partial charge in [0.25, 0.3) is 11.8 Å². The zero-order chi connectivity index (χ0) is 18.1. The van der Waals surface area contributed by atoms with E-state index in [2.05, 4.69) is 0 Å². The van der Waals surface area contributed by atoms with Crippen molar-refractivity contribution in [2.75, 3.05) is 26.2 Å². The minimum absolute atomic E-state index is 0.0542. The molecule has 2 aliphatic rings. The van der Waals surface area contributed by atoms with Crippen molar-refractivity contribution in [3.8, 4) is 6.07 Å². The molecule has 3 rings (SSSR count). The molecule has 0 spiro atoms. The van der Waals surface area contributed by atoms with E-state index >= 15 is 0 Å². The summed E-state index contributed by atoms with van der Waals surface area (Å²) < 4.78 is 0. The van der Waals surface area contributed by atoms with Crippen molar-refractivity contribution in [2.24, 2.45) is 5.73 Å². The lowest BCUT2D eigenvalue weighted by atomic mass is 10.1. The summed E-state index contributed by atoms with van der Waals surface area (Å²) >= 11 is 0. The first-order chi connectivity index (χ1) is 11.9. The topological polar surface area (TPSA) is 128 Å². The molecule has 2 heterocycles. The van der Waals surface area contributed by atoms with E-state index in [9.17, 15) is 19.2 Å². The van der Waals surface area contributed by atoms with E-state index < -0.39 is 30.4 Å². The van der Waals surface area contributed by atoms with Crippen LogP contribution in [0.25, 0.3) is 0 Å². The second-order valence-electron chi connectivity index (χ2n) is 5.82. The van der Waals surface area contributed by atoms with Crippen LogP contribution >= 0.6 is 0 Å². The van der Waals surface area contributed by atoms with Crippen molar-refractivity contribution in [3.63, 3.8) is 0 Å². The summed E-state index contributed by atoms with van der Waals surface area (Å²) in [6.07, 6.45) is 0. The van der Waals surface area contributed by atoms with Gasteiger partial charge in [-0.3, -0.25) is 19.3 Å². The van der Waals surface area contributed by atoms with Gasteiger partial charge < -0.3 is 15.5 Å². The Hall–Kier alpha value is -3.41. The molecule has 2 saturated heterocycles. The number of amides is 5. The average molecular weight is 341 g/mol. The number of hydrogen-bond donors (Lipinski definition) is 1. The van der Waals surface area contributed by atoms with E-state index in [1.807, 2.05) is 6.07 Å². The van der Waals surface area contributed by atoms with Crippen LogP contribution < -0.4 is 5.73 Å².